The molecule has 1 N–H and O–H groups in total. The van der Waals surface area contributed by atoms with Crippen LogP contribution in [0.15, 0.2) is 24.3 Å². The van der Waals surface area contributed by atoms with E-state index in [2.05, 4.69) is 57.8 Å². The zero-order chi connectivity index (χ0) is 22.1. The predicted octanol–water partition coefficient (Wildman–Crippen LogP) is 1.78. The maximum atomic E-state index is 13.1. The summed E-state index contributed by atoms with van der Waals surface area (Å²) in [6.07, 6.45) is 1.22. The second-order valence-corrected chi connectivity index (χ2v) is 9.85. The van der Waals surface area contributed by atoms with Crippen molar-refractivity contribution < 1.29 is 9.53 Å². The number of aromatic nitrogens is 1. The minimum absolute atomic E-state index is 0.262. The fourth-order valence-corrected chi connectivity index (χ4v) is 5.41. The lowest BCUT2D eigenvalue weighted by Crippen LogP contribution is -2.54. The van der Waals surface area contributed by atoms with Gasteiger partial charge in [-0.1, -0.05) is 18.2 Å². The van der Waals surface area contributed by atoms with Gasteiger partial charge in [-0.2, -0.15) is 0 Å². The van der Waals surface area contributed by atoms with Gasteiger partial charge in [0, 0.05) is 93.5 Å². The third-order valence-electron chi connectivity index (χ3n) is 7.42. The van der Waals surface area contributed by atoms with Gasteiger partial charge in [0.2, 0.25) is 5.91 Å². The highest BCUT2D eigenvalue weighted by molar-refractivity contribution is 5.86. The summed E-state index contributed by atoms with van der Waals surface area (Å²) in [6, 6.07) is 9.01. The molecule has 0 aliphatic carbocycles. The Morgan fingerprint density at radius 1 is 1.09 bits per heavy atom. The third-order valence-corrected chi connectivity index (χ3v) is 7.42. The lowest BCUT2D eigenvalue weighted by Gasteiger charge is -2.40. The molecule has 3 aliphatic heterocycles. The first-order valence-electron chi connectivity index (χ1n) is 12.2. The fourth-order valence-electron chi connectivity index (χ4n) is 5.41. The molecule has 2 saturated heterocycles. The van der Waals surface area contributed by atoms with Gasteiger partial charge in [0.25, 0.3) is 0 Å². The smallest absolute Gasteiger partial charge is 0.237 e. The highest BCUT2D eigenvalue weighted by atomic mass is 16.5. The first-order chi connectivity index (χ1) is 15.6. The van der Waals surface area contributed by atoms with Crippen molar-refractivity contribution in [2.45, 2.75) is 39.0 Å². The highest BCUT2D eigenvalue weighted by Gasteiger charge is 2.28. The molecular weight excluding hydrogens is 402 g/mol. The second kappa shape index (κ2) is 9.51. The molecule has 1 amide bonds. The van der Waals surface area contributed by atoms with Crippen LogP contribution in [0.25, 0.3) is 10.9 Å². The molecule has 2 aromatic rings. The number of H-pyrrole nitrogens is 1. The predicted molar refractivity (Wildman–Crippen MR) is 127 cm³/mol. The van der Waals surface area contributed by atoms with Gasteiger partial charge in [-0.05, 0) is 19.9 Å². The minimum atomic E-state index is 0.262. The molecule has 1 aromatic carbocycles. The van der Waals surface area contributed by atoms with Crippen molar-refractivity contribution in [3.8, 4) is 0 Å². The summed E-state index contributed by atoms with van der Waals surface area (Å²) < 4.78 is 6.02. The van der Waals surface area contributed by atoms with Crippen molar-refractivity contribution in [1.82, 2.24) is 24.6 Å². The molecule has 1 atom stereocenters. The van der Waals surface area contributed by atoms with Crippen LogP contribution in [0, 0.1) is 0 Å². The van der Waals surface area contributed by atoms with Gasteiger partial charge >= 0.3 is 0 Å². The maximum absolute atomic E-state index is 13.1. The van der Waals surface area contributed by atoms with Crippen molar-refractivity contribution in [2.75, 3.05) is 65.5 Å². The van der Waals surface area contributed by atoms with E-state index in [0.717, 1.165) is 71.9 Å². The number of piperazine rings is 1. The number of fused-ring (bicyclic) bond motifs is 3. The SMILES string of the molecule is CC(C)N1CCOC(CN2CCN(CC(=O)N3CCc4[nH]c5ccccc5c4C3)CC2)C1. The molecule has 1 aromatic heterocycles. The first-order valence-corrected chi connectivity index (χ1v) is 12.2. The molecule has 0 radical (unpaired) electrons. The average molecular weight is 440 g/mol. The number of nitrogens with zero attached hydrogens (tertiary/aromatic N) is 4. The summed E-state index contributed by atoms with van der Waals surface area (Å²) >= 11 is 0. The van der Waals surface area contributed by atoms with E-state index in [1.165, 1.54) is 22.2 Å². The number of morpholine rings is 1. The van der Waals surface area contributed by atoms with Crippen LogP contribution in [0.2, 0.25) is 0 Å². The summed E-state index contributed by atoms with van der Waals surface area (Å²) in [4.78, 5) is 26.0. The van der Waals surface area contributed by atoms with Gasteiger partial charge in [0.05, 0.1) is 19.3 Å². The molecule has 4 heterocycles. The van der Waals surface area contributed by atoms with Crippen LogP contribution >= 0.6 is 0 Å². The van der Waals surface area contributed by atoms with Crippen molar-refractivity contribution >= 4 is 16.8 Å². The van der Waals surface area contributed by atoms with E-state index in [1.807, 2.05) is 4.90 Å². The van der Waals surface area contributed by atoms with Crippen LogP contribution in [-0.4, -0.2) is 108 Å². The van der Waals surface area contributed by atoms with E-state index >= 15 is 0 Å². The van der Waals surface area contributed by atoms with Crippen LogP contribution in [-0.2, 0) is 22.5 Å². The van der Waals surface area contributed by atoms with Crippen molar-refractivity contribution in [2.24, 2.45) is 0 Å². The van der Waals surface area contributed by atoms with Gasteiger partial charge in [-0.25, -0.2) is 0 Å². The van der Waals surface area contributed by atoms with E-state index in [9.17, 15) is 4.79 Å². The molecular formula is C25H37N5O2. The van der Waals surface area contributed by atoms with Gasteiger partial charge in [-0.3, -0.25) is 19.5 Å². The Kier molecular flexibility index (Phi) is 6.51. The molecule has 32 heavy (non-hydrogen) atoms. The lowest BCUT2D eigenvalue weighted by atomic mass is 10.0. The largest absolute Gasteiger partial charge is 0.374 e. The Balaban J connectivity index is 1.10. The molecule has 0 saturated carbocycles. The number of para-hydroxylation sites is 1. The Bertz CT molecular complexity index is 934. The Hall–Kier alpha value is -1.93. The fraction of sp³-hybridized carbons (Fsp3) is 0.640. The summed E-state index contributed by atoms with van der Waals surface area (Å²) in [5.74, 6) is 0.262. The molecule has 2 fully saturated rings. The number of hydrogen-bond acceptors (Lipinski definition) is 5. The zero-order valence-electron chi connectivity index (χ0n) is 19.6. The molecule has 1 unspecified atom stereocenters. The van der Waals surface area contributed by atoms with E-state index in [1.54, 1.807) is 0 Å². The van der Waals surface area contributed by atoms with Crippen molar-refractivity contribution in [3.63, 3.8) is 0 Å². The Labute approximate surface area is 191 Å². The molecule has 3 aliphatic rings. The van der Waals surface area contributed by atoms with E-state index in [0.29, 0.717) is 18.7 Å². The van der Waals surface area contributed by atoms with Crippen molar-refractivity contribution in [3.05, 3.63) is 35.5 Å². The maximum Gasteiger partial charge on any atom is 0.237 e. The Morgan fingerprint density at radius 2 is 1.88 bits per heavy atom. The standard InChI is InChI=1S/C25H37N5O2/c1-19(2)29-13-14-32-20(16-29)15-27-9-11-28(12-10-27)18-25(31)30-8-7-24-22(17-30)21-5-3-4-6-23(21)26-24/h3-6,19-20,26H,7-18H2,1-2H3. The zero-order valence-corrected chi connectivity index (χ0v) is 19.6. The van der Waals surface area contributed by atoms with Crippen LogP contribution in [0.3, 0.4) is 0 Å². The van der Waals surface area contributed by atoms with E-state index < -0.39 is 0 Å². The number of amides is 1. The van der Waals surface area contributed by atoms with Gasteiger partial charge in [-0.15, -0.1) is 0 Å². The quantitative estimate of drug-likeness (QED) is 0.770. The summed E-state index contributed by atoms with van der Waals surface area (Å²) in [5.41, 5.74) is 3.78. The molecule has 7 nitrogen and oxygen atoms in total. The van der Waals surface area contributed by atoms with Crippen molar-refractivity contribution in [1.29, 1.82) is 0 Å². The molecule has 5 rings (SSSR count). The minimum Gasteiger partial charge on any atom is -0.374 e. The van der Waals surface area contributed by atoms with E-state index in [4.69, 9.17) is 4.74 Å². The number of nitrogens with one attached hydrogen (secondary N) is 1. The molecule has 0 spiro atoms. The van der Waals surface area contributed by atoms with Crippen LogP contribution in [0.5, 0.6) is 0 Å². The third kappa shape index (κ3) is 4.71. The van der Waals surface area contributed by atoms with Gasteiger partial charge < -0.3 is 14.6 Å². The number of ether oxygens (including phenoxy) is 1. The summed E-state index contributed by atoms with van der Waals surface area (Å²) in [5, 5.41) is 1.26. The number of carbonyl (C=O) groups excluding carboxylic acids is 1. The Morgan fingerprint density at radius 3 is 2.69 bits per heavy atom. The van der Waals surface area contributed by atoms with Crippen LogP contribution in [0.1, 0.15) is 25.1 Å². The van der Waals surface area contributed by atoms with Crippen LogP contribution < -0.4 is 0 Å². The molecule has 0 bridgehead atoms. The van der Waals surface area contributed by atoms with Gasteiger partial charge in [0.1, 0.15) is 0 Å². The number of hydrogen-bond donors (Lipinski definition) is 1. The topological polar surface area (TPSA) is 55.1 Å². The van der Waals surface area contributed by atoms with E-state index in [-0.39, 0.29) is 5.91 Å². The average Bonchev–Trinajstić information content (AvgIpc) is 3.18. The van der Waals surface area contributed by atoms with Crippen LogP contribution in [0.4, 0.5) is 0 Å². The molecule has 174 valence electrons. The number of aromatic amines is 1. The normalized spacial score (nSPS) is 23.7. The second-order valence-electron chi connectivity index (χ2n) is 9.85. The number of benzene rings is 1. The summed E-state index contributed by atoms with van der Waals surface area (Å²) in [7, 11) is 0. The highest BCUT2D eigenvalue weighted by Crippen LogP contribution is 2.27. The first kappa shape index (κ1) is 21.9. The molecule has 7 heteroatoms. The summed E-state index contributed by atoms with van der Waals surface area (Å²) in [6.45, 7) is 14.5. The lowest BCUT2D eigenvalue weighted by molar-refractivity contribution is -0.133. The monoisotopic (exact) mass is 439 g/mol. The number of rotatable bonds is 5. The van der Waals surface area contributed by atoms with Gasteiger partial charge in [0.15, 0.2) is 0 Å². The number of carbonyl (C=O) groups is 1.